The molecule has 2 aromatic carbocycles. The molecule has 0 bridgehead atoms. The smallest absolute Gasteiger partial charge is 0.334 e. The van der Waals surface area contributed by atoms with Crippen molar-refractivity contribution in [2.24, 2.45) is 0 Å². The molecule has 0 radical (unpaired) electrons. The predicted octanol–water partition coefficient (Wildman–Crippen LogP) is 4.16. The molecule has 0 atom stereocenters. The van der Waals surface area contributed by atoms with Crippen LogP contribution in [0.15, 0.2) is 48.5 Å². The summed E-state index contributed by atoms with van der Waals surface area (Å²) in [6, 6.07) is 11.7. The van der Waals surface area contributed by atoms with Crippen molar-refractivity contribution in [3.63, 3.8) is 0 Å². The van der Waals surface area contributed by atoms with Crippen LogP contribution in [0.4, 0.5) is 29.3 Å². The van der Waals surface area contributed by atoms with Gasteiger partial charge in [0.2, 0.25) is 0 Å². The highest BCUT2D eigenvalue weighted by atomic mass is 35.5. The number of carbonyl (C=O) groups excluding carboxylic acids is 2. The number of amides is 3. The Morgan fingerprint density at radius 3 is 2.12 bits per heavy atom. The Balaban J connectivity index is 1.86. The molecule has 2 rings (SSSR count). The highest BCUT2D eigenvalue weighted by Crippen LogP contribution is 2.19. The van der Waals surface area contributed by atoms with E-state index in [1.807, 2.05) is 0 Å². The third-order valence-corrected chi connectivity index (χ3v) is 3.24. The van der Waals surface area contributed by atoms with Crippen molar-refractivity contribution in [1.82, 2.24) is 5.32 Å². The molecule has 5 nitrogen and oxygen atoms in total. The molecule has 0 heterocycles. The van der Waals surface area contributed by atoms with Crippen LogP contribution < -0.4 is 16.0 Å². The van der Waals surface area contributed by atoms with Crippen LogP contribution in [-0.2, 0) is 11.3 Å². The van der Waals surface area contributed by atoms with E-state index in [-0.39, 0.29) is 12.2 Å². The molecule has 9 heteroatoms. The SMILES string of the molecule is O=C(NCc1cccc(Cl)c1)Nc1ccc(NC(=O)C(F)(F)F)cc1. The van der Waals surface area contributed by atoms with Gasteiger partial charge in [0.05, 0.1) is 0 Å². The first-order valence-corrected chi connectivity index (χ1v) is 7.39. The third-order valence-electron chi connectivity index (χ3n) is 3.00. The van der Waals surface area contributed by atoms with Gasteiger partial charge in [-0.15, -0.1) is 0 Å². The van der Waals surface area contributed by atoms with Gasteiger partial charge in [-0.2, -0.15) is 13.2 Å². The number of halogens is 4. The number of urea groups is 1. The number of nitrogens with one attached hydrogen (secondary N) is 3. The molecule has 3 N–H and O–H groups in total. The van der Waals surface area contributed by atoms with Crippen molar-refractivity contribution in [3.05, 3.63) is 59.1 Å². The van der Waals surface area contributed by atoms with E-state index in [9.17, 15) is 22.8 Å². The normalized spacial score (nSPS) is 10.9. The van der Waals surface area contributed by atoms with Gasteiger partial charge < -0.3 is 16.0 Å². The van der Waals surface area contributed by atoms with Crippen molar-refractivity contribution >= 4 is 34.9 Å². The molecule has 0 aliphatic carbocycles. The quantitative estimate of drug-likeness (QED) is 0.755. The first-order chi connectivity index (χ1) is 11.7. The zero-order valence-corrected chi connectivity index (χ0v) is 13.4. The predicted molar refractivity (Wildman–Crippen MR) is 88.4 cm³/mol. The van der Waals surface area contributed by atoms with Gasteiger partial charge in [-0.25, -0.2) is 4.79 Å². The summed E-state index contributed by atoms with van der Waals surface area (Å²) in [5, 5.41) is 7.40. The number of rotatable bonds is 4. The number of hydrogen-bond donors (Lipinski definition) is 3. The average molecular weight is 372 g/mol. The standard InChI is InChI=1S/C16H13ClF3N3O2/c17-11-3-1-2-10(8-11)9-21-15(25)23-13-6-4-12(5-7-13)22-14(24)16(18,19)20/h1-8H,9H2,(H,22,24)(H2,21,23,25). The van der Waals surface area contributed by atoms with E-state index in [2.05, 4.69) is 10.6 Å². The van der Waals surface area contributed by atoms with Crippen LogP contribution in [0.25, 0.3) is 0 Å². The van der Waals surface area contributed by atoms with Gasteiger partial charge in [0.25, 0.3) is 0 Å². The molecular formula is C16H13ClF3N3O2. The lowest BCUT2D eigenvalue weighted by atomic mass is 10.2. The maximum atomic E-state index is 12.2. The fourth-order valence-corrected chi connectivity index (χ4v) is 2.06. The molecule has 0 spiro atoms. The Morgan fingerprint density at radius 1 is 0.960 bits per heavy atom. The van der Waals surface area contributed by atoms with Crippen molar-refractivity contribution in [3.8, 4) is 0 Å². The number of carbonyl (C=O) groups is 2. The fourth-order valence-electron chi connectivity index (χ4n) is 1.84. The summed E-state index contributed by atoms with van der Waals surface area (Å²) in [4.78, 5) is 22.6. The summed E-state index contributed by atoms with van der Waals surface area (Å²) >= 11 is 5.84. The summed E-state index contributed by atoms with van der Waals surface area (Å²) in [5.74, 6) is -2.06. The number of hydrogen-bond acceptors (Lipinski definition) is 2. The van der Waals surface area contributed by atoms with Crippen LogP contribution in [0.2, 0.25) is 5.02 Å². The first kappa shape index (κ1) is 18.6. The van der Waals surface area contributed by atoms with Crippen molar-refractivity contribution in [1.29, 1.82) is 0 Å². The van der Waals surface area contributed by atoms with Crippen LogP contribution >= 0.6 is 11.6 Å². The number of alkyl halides is 3. The molecule has 0 fully saturated rings. The van der Waals surface area contributed by atoms with E-state index in [1.54, 1.807) is 29.6 Å². The Bertz CT molecular complexity index is 764. The molecule has 132 valence electrons. The minimum Gasteiger partial charge on any atom is -0.334 e. The van der Waals surface area contributed by atoms with E-state index < -0.39 is 18.1 Å². The zero-order valence-electron chi connectivity index (χ0n) is 12.7. The van der Waals surface area contributed by atoms with Gasteiger partial charge in [0.15, 0.2) is 0 Å². The second-order valence-corrected chi connectivity index (χ2v) is 5.40. The second-order valence-electron chi connectivity index (χ2n) is 4.97. The molecule has 3 amide bonds. The molecule has 0 saturated carbocycles. The highest BCUT2D eigenvalue weighted by Gasteiger charge is 2.38. The van der Waals surface area contributed by atoms with Crippen molar-refractivity contribution in [2.45, 2.75) is 12.7 Å². The van der Waals surface area contributed by atoms with E-state index in [0.29, 0.717) is 10.7 Å². The average Bonchev–Trinajstić information content (AvgIpc) is 2.54. The molecule has 0 unspecified atom stereocenters. The van der Waals surface area contributed by atoms with Gasteiger partial charge >= 0.3 is 18.1 Å². The van der Waals surface area contributed by atoms with Gasteiger partial charge in [-0.3, -0.25) is 4.79 Å². The lowest BCUT2D eigenvalue weighted by Crippen LogP contribution is -2.30. The maximum absolute atomic E-state index is 12.2. The first-order valence-electron chi connectivity index (χ1n) is 7.01. The number of benzene rings is 2. The minimum atomic E-state index is -4.96. The molecule has 0 aliphatic rings. The van der Waals surface area contributed by atoms with Crippen LogP contribution in [0.1, 0.15) is 5.56 Å². The Morgan fingerprint density at radius 2 is 1.56 bits per heavy atom. The molecule has 2 aromatic rings. The lowest BCUT2D eigenvalue weighted by Gasteiger charge is -2.10. The minimum absolute atomic E-state index is 0.0350. The second kappa shape index (κ2) is 7.89. The Hall–Kier alpha value is -2.74. The van der Waals surface area contributed by atoms with E-state index in [0.717, 1.165) is 5.56 Å². The summed E-state index contributed by atoms with van der Waals surface area (Å²) in [6.07, 6.45) is -4.96. The zero-order chi connectivity index (χ0) is 18.4. The summed E-state index contributed by atoms with van der Waals surface area (Å²) in [6.45, 7) is 0.256. The van der Waals surface area contributed by atoms with Gasteiger partial charge in [-0.05, 0) is 42.0 Å². The van der Waals surface area contributed by atoms with Crippen molar-refractivity contribution < 1.29 is 22.8 Å². The molecule has 0 saturated heterocycles. The van der Waals surface area contributed by atoms with Crippen LogP contribution in [0, 0.1) is 0 Å². The monoisotopic (exact) mass is 371 g/mol. The largest absolute Gasteiger partial charge is 0.471 e. The van der Waals surface area contributed by atoms with Crippen LogP contribution in [0.5, 0.6) is 0 Å². The summed E-state index contributed by atoms with van der Waals surface area (Å²) < 4.78 is 36.5. The van der Waals surface area contributed by atoms with E-state index in [4.69, 9.17) is 11.6 Å². The number of anilines is 2. The van der Waals surface area contributed by atoms with Gasteiger partial charge in [0.1, 0.15) is 0 Å². The van der Waals surface area contributed by atoms with Crippen LogP contribution in [-0.4, -0.2) is 18.1 Å². The Kier molecular flexibility index (Phi) is 5.87. The topological polar surface area (TPSA) is 70.2 Å². The fraction of sp³-hybridized carbons (Fsp3) is 0.125. The highest BCUT2D eigenvalue weighted by molar-refractivity contribution is 6.30. The molecule has 0 aliphatic heterocycles. The third kappa shape index (κ3) is 6.00. The summed E-state index contributed by atoms with van der Waals surface area (Å²) in [7, 11) is 0. The lowest BCUT2D eigenvalue weighted by molar-refractivity contribution is -0.167. The van der Waals surface area contributed by atoms with Crippen LogP contribution in [0.3, 0.4) is 0 Å². The van der Waals surface area contributed by atoms with E-state index in [1.165, 1.54) is 24.3 Å². The molecular weight excluding hydrogens is 359 g/mol. The molecule has 25 heavy (non-hydrogen) atoms. The maximum Gasteiger partial charge on any atom is 0.471 e. The van der Waals surface area contributed by atoms with Gasteiger partial charge in [0, 0.05) is 22.9 Å². The van der Waals surface area contributed by atoms with E-state index >= 15 is 0 Å². The molecule has 0 aromatic heterocycles. The van der Waals surface area contributed by atoms with Crippen molar-refractivity contribution in [2.75, 3.05) is 10.6 Å². The Labute approximate surface area is 146 Å². The summed E-state index contributed by atoms with van der Waals surface area (Å²) in [5.41, 5.74) is 1.13. The van der Waals surface area contributed by atoms with Gasteiger partial charge in [-0.1, -0.05) is 23.7 Å².